The summed E-state index contributed by atoms with van der Waals surface area (Å²) in [4.78, 5) is 0. The normalized spacial score (nSPS) is 25.2. The molecule has 1 aliphatic carbocycles. The Morgan fingerprint density at radius 1 is 0.462 bits per heavy atom. The van der Waals surface area contributed by atoms with Gasteiger partial charge in [0.15, 0.2) is 0 Å². The van der Waals surface area contributed by atoms with Gasteiger partial charge in [0.25, 0.3) is 0 Å². The average Bonchev–Trinajstić information content (AvgIpc) is 2.18. The highest BCUT2D eigenvalue weighted by molar-refractivity contribution is 5.16. The molecule has 0 atom stereocenters. The molecule has 0 spiro atoms. The molecule has 0 amide bonds. The summed E-state index contributed by atoms with van der Waals surface area (Å²) in [5.74, 6) is 0. The van der Waals surface area contributed by atoms with Crippen LogP contribution in [-0.2, 0) is 0 Å². The van der Waals surface area contributed by atoms with E-state index in [1.165, 1.54) is 0 Å². The van der Waals surface area contributed by atoms with Crippen LogP contribution in [0.2, 0.25) is 0 Å². The minimum absolute atomic E-state index is 1.04. The van der Waals surface area contributed by atoms with Gasteiger partial charge >= 0.3 is 0 Å². The highest BCUT2D eigenvalue weighted by Gasteiger charge is 1.76. The van der Waals surface area contributed by atoms with Gasteiger partial charge in [0.1, 0.15) is 0 Å². The van der Waals surface area contributed by atoms with Crippen LogP contribution >= 0.6 is 0 Å². The number of rotatable bonds is 0. The zero-order valence-corrected chi connectivity index (χ0v) is 7.89. The summed E-state index contributed by atoms with van der Waals surface area (Å²) in [7, 11) is 0. The van der Waals surface area contributed by atoms with Crippen molar-refractivity contribution < 1.29 is 0 Å². The van der Waals surface area contributed by atoms with E-state index >= 15 is 0 Å². The van der Waals surface area contributed by atoms with Gasteiger partial charge < -0.3 is 0 Å². The van der Waals surface area contributed by atoms with Gasteiger partial charge in [-0.05, 0) is 19.3 Å². The molecule has 0 nitrogen and oxygen atoms in total. The molecule has 68 valence electrons. The molecule has 0 saturated heterocycles. The van der Waals surface area contributed by atoms with Crippen molar-refractivity contribution in [3.05, 3.63) is 60.8 Å². The van der Waals surface area contributed by atoms with Gasteiger partial charge in [0.2, 0.25) is 0 Å². The first kappa shape index (κ1) is 9.79. The summed E-state index contributed by atoms with van der Waals surface area (Å²) < 4.78 is 0. The van der Waals surface area contributed by atoms with E-state index in [4.69, 9.17) is 0 Å². The first-order valence-electron chi connectivity index (χ1n) is 4.80. The van der Waals surface area contributed by atoms with Gasteiger partial charge in [0, 0.05) is 0 Å². The molecule has 0 unspecified atom stereocenters. The molecule has 13 heavy (non-hydrogen) atoms. The van der Waals surface area contributed by atoms with Crippen LogP contribution in [0.25, 0.3) is 0 Å². The molecule has 0 heteroatoms. The molecule has 0 aromatic rings. The maximum atomic E-state index is 2.24. The van der Waals surface area contributed by atoms with Crippen LogP contribution in [-0.4, -0.2) is 0 Å². The lowest BCUT2D eigenvalue weighted by Crippen LogP contribution is -1.64. The average molecular weight is 172 g/mol. The van der Waals surface area contributed by atoms with Crippen LogP contribution in [0.5, 0.6) is 0 Å². The van der Waals surface area contributed by atoms with Crippen molar-refractivity contribution in [2.45, 2.75) is 19.3 Å². The minimum atomic E-state index is 1.04. The van der Waals surface area contributed by atoms with Crippen molar-refractivity contribution in [2.24, 2.45) is 0 Å². The van der Waals surface area contributed by atoms with Gasteiger partial charge in [-0.3, -0.25) is 0 Å². The fourth-order valence-corrected chi connectivity index (χ4v) is 1.07. The summed E-state index contributed by atoms with van der Waals surface area (Å²) in [6.45, 7) is 0. The van der Waals surface area contributed by atoms with Crippen LogP contribution in [0.4, 0.5) is 0 Å². The molecule has 0 heterocycles. The van der Waals surface area contributed by atoms with Crippen LogP contribution in [0.3, 0.4) is 0 Å². The lowest BCUT2D eigenvalue weighted by Gasteiger charge is -1.84. The van der Waals surface area contributed by atoms with Gasteiger partial charge in [-0.25, -0.2) is 0 Å². The smallest absolute Gasteiger partial charge is 0.0166 e. The summed E-state index contributed by atoms with van der Waals surface area (Å²) in [6, 6.07) is 0. The minimum Gasteiger partial charge on any atom is -0.0879 e. The van der Waals surface area contributed by atoms with E-state index in [1.54, 1.807) is 0 Å². The SMILES string of the molecule is C1=C/C=C\C=C\C/C=C/CCC=C1. The summed E-state index contributed by atoms with van der Waals surface area (Å²) in [5.41, 5.74) is 0. The first-order chi connectivity index (χ1) is 6.50. The van der Waals surface area contributed by atoms with E-state index < -0.39 is 0 Å². The molecular weight excluding hydrogens is 156 g/mol. The molecule has 0 aromatic heterocycles. The predicted octanol–water partition coefficient (Wildman–Crippen LogP) is 3.95. The van der Waals surface area contributed by atoms with Gasteiger partial charge in [0.05, 0.1) is 0 Å². The Balaban J connectivity index is 2.50. The largest absolute Gasteiger partial charge is 0.0879 e. The molecule has 0 bridgehead atoms. The van der Waals surface area contributed by atoms with E-state index in [0.29, 0.717) is 0 Å². The van der Waals surface area contributed by atoms with Crippen LogP contribution in [0, 0.1) is 0 Å². The Morgan fingerprint density at radius 3 is 1.92 bits per heavy atom. The number of hydrogen-bond donors (Lipinski definition) is 0. The summed E-state index contributed by atoms with van der Waals surface area (Å²) in [6.07, 6.45) is 24.5. The van der Waals surface area contributed by atoms with Crippen molar-refractivity contribution in [3.8, 4) is 0 Å². The third kappa shape index (κ3) is 5.92. The maximum absolute atomic E-state index is 2.24. The highest BCUT2D eigenvalue weighted by Crippen LogP contribution is 1.96. The first-order valence-corrected chi connectivity index (χ1v) is 4.80. The van der Waals surface area contributed by atoms with Crippen molar-refractivity contribution in [1.82, 2.24) is 0 Å². The number of hydrogen-bond acceptors (Lipinski definition) is 0. The zero-order valence-electron chi connectivity index (χ0n) is 7.89. The third-order valence-corrected chi connectivity index (χ3v) is 1.77. The predicted molar refractivity (Wildman–Crippen MR) is 59.6 cm³/mol. The maximum Gasteiger partial charge on any atom is -0.0166 e. The standard InChI is InChI=1S/C13H16/c1-2-4-6-8-10-12-13-11-9-7-5-3-1/h1-8,11,13H,9-10,12H2/b3-1-,4-2?,7-5+,8-6?,13-11+. The molecule has 0 radical (unpaired) electrons. The van der Waals surface area contributed by atoms with Crippen LogP contribution in [0.1, 0.15) is 19.3 Å². The topological polar surface area (TPSA) is 0 Å². The van der Waals surface area contributed by atoms with Gasteiger partial charge in [-0.1, -0.05) is 60.8 Å². The molecule has 0 fully saturated rings. The van der Waals surface area contributed by atoms with E-state index in [2.05, 4.69) is 48.6 Å². The summed E-state index contributed by atoms with van der Waals surface area (Å²) >= 11 is 0. The fraction of sp³-hybridized carbons (Fsp3) is 0.231. The molecule has 0 saturated carbocycles. The van der Waals surface area contributed by atoms with Crippen LogP contribution < -0.4 is 0 Å². The van der Waals surface area contributed by atoms with Crippen molar-refractivity contribution in [3.63, 3.8) is 0 Å². The van der Waals surface area contributed by atoms with Crippen molar-refractivity contribution in [2.75, 3.05) is 0 Å². The second-order valence-electron chi connectivity index (χ2n) is 2.91. The van der Waals surface area contributed by atoms with Crippen LogP contribution in [0.15, 0.2) is 60.8 Å². The van der Waals surface area contributed by atoms with Gasteiger partial charge in [-0.2, -0.15) is 0 Å². The molecule has 0 N–H and O–H groups in total. The quantitative estimate of drug-likeness (QED) is 0.485. The molecule has 1 rings (SSSR count). The molecular formula is C13H16. The highest BCUT2D eigenvalue weighted by atomic mass is 13.8. The van der Waals surface area contributed by atoms with Gasteiger partial charge in [-0.15, -0.1) is 0 Å². The fourth-order valence-electron chi connectivity index (χ4n) is 1.07. The van der Waals surface area contributed by atoms with E-state index in [9.17, 15) is 0 Å². The Morgan fingerprint density at radius 2 is 1.08 bits per heavy atom. The number of allylic oxidation sites excluding steroid dienone is 10. The lowest BCUT2D eigenvalue weighted by atomic mass is 10.2. The second-order valence-corrected chi connectivity index (χ2v) is 2.91. The van der Waals surface area contributed by atoms with E-state index in [-0.39, 0.29) is 0 Å². The van der Waals surface area contributed by atoms with E-state index in [1.807, 2.05) is 12.2 Å². The lowest BCUT2D eigenvalue weighted by molar-refractivity contribution is 1.04. The Bertz CT molecular complexity index is 249. The Hall–Kier alpha value is -1.30. The Kier molecular flexibility index (Phi) is 5.54. The molecule has 0 aromatic carbocycles. The van der Waals surface area contributed by atoms with E-state index in [0.717, 1.165) is 19.3 Å². The third-order valence-electron chi connectivity index (χ3n) is 1.77. The summed E-state index contributed by atoms with van der Waals surface area (Å²) in [5, 5.41) is 0. The Labute approximate surface area is 80.7 Å². The van der Waals surface area contributed by atoms with Crippen molar-refractivity contribution >= 4 is 0 Å². The second kappa shape index (κ2) is 7.35. The molecule has 0 aliphatic heterocycles. The monoisotopic (exact) mass is 172 g/mol. The van der Waals surface area contributed by atoms with Crippen molar-refractivity contribution in [1.29, 1.82) is 0 Å². The zero-order chi connectivity index (χ0) is 9.19. The molecule has 1 aliphatic rings.